The summed E-state index contributed by atoms with van der Waals surface area (Å²) in [5.74, 6) is -3.56. The Bertz CT molecular complexity index is 971. The van der Waals surface area contributed by atoms with E-state index in [1.807, 2.05) is 0 Å². The van der Waals surface area contributed by atoms with Crippen molar-refractivity contribution in [2.24, 2.45) is 11.5 Å². The molecule has 0 aliphatic carbocycles. The topological polar surface area (TPSA) is 188 Å². The number of hydrogen-bond acceptors (Lipinski definition) is 5. The molecule has 3 amide bonds. The fourth-order valence-corrected chi connectivity index (χ4v) is 2.39. The van der Waals surface area contributed by atoms with Crippen LogP contribution in [0.4, 0.5) is 5.69 Å². The van der Waals surface area contributed by atoms with E-state index in [1.54, 1.807) is 6.07 Å². The van der Waals surface area contributed by atoms with Crippen molar-refractivity contribution in [2.75, 3.05) is 5.32 Å². The largest absolute Gasteiger partial charge is 0.480 e. The quantitative estimate of drug-likeness (QED) is 0.274. The van der Waals surface area contributed by atoms with Crippen LogP contribution in [-0.4, -0.2) is 40.7 Å². The van der Waals surface area contributed by atoms with Gasteiger partial charge in [0.25, 0.3) is 11.8 Å². The van der Waals surface area contributed by atoms with Crippen LogP contribution in [0.3, 0.4) is 0 Å². The predicted octanol–water partition coefficient (Wildman–Crippen LogP) is 0.281. The standard InChI is InChI=1S/C19H19N5O5/c20-15(25)9-14(19(28)29)24-18(27)12-2-1-3-13(8-12)23-17(26)11-6-4-10(5-7-11)16(21)22/h1-8,14H,9H2,(H2,20,25)(H3,21,22)(H,23,26)(H,24,27)(H,28,29)/t14-/m0/s1. The molecular formula is C19H19N5O5. The molecule has 2 rings (SSSR count). The molecule has 150 valence electrons. The number of nitrogens with two attached hydrogens (primary N) is 2. The van der Waals surface area contributed by atoms with Gasteiger partial charge in [0.15, 0.2) is 0 Å². The van der Waals surface area contributed by atoms with E-state index in [9.17, 15) is 19.2 Å². The van der Waals surface area contributed by atoms with Crippen LogP contribution in [0.15, 0.2) is 48.5 Å². The molecule has 2 aromatic rings. The number of carboxylic acid groups (broad SMARTS) is 1. The first kappa shape index (κ1) is 21.1. The highest BCUT2D eigenvalue weighted by Crippen LogP contribution is 2.13. The summed E-state index contributed by atoms with van der Waals surface area (Å²) in [6, 6.07) is 10.5. The number of primary amides is 1. The fraction of sp³-hybridized carbons (Fsp3) is 0.105. The monoisotopic (exact) mass is 397 g/mol. The first-order chi connectivity index (χ1) is 13.7. The summed E-state index contributed by atoms with van der Waals surface area (Å²) in [4.78, 5) is 46.7. The Labute approximate surface area is 165 Å². The van der Waals surface area contributed by atoms with Gasteiger partial charge in [0.1, 0.15) is 11.9 Å². The lowest BCUT2D eigenvalue weighted by Crippen LogP contribution is -2.43. The second kappa shape index (κ2) is 9.13. The number of nitrogens with one attached hydrogen (secondary N) is 3. The molecule has 0 bridgehead atoms. The zero-order chi connectivity index (χ0) is 21.6. The molecular weight excluding hydrogens is 378 g/mol. The number of rotatable bonds is 8. The molecule has 0 aliphatic rings. The normalized spacial score (nSPS) is 11.2. The van der Waals surface area contributed by atoms with Gasteiger partial charge in [0.05, 0.1) is 6.42 Å². The SMILES string of the molecule is N=C(N)c1ccc(C(=O)Nc2cccc(C(=O)N[C@@H](CC(N)=O)C(=O)O)c2)cc1. The Hall–Kier alpha value is -4.21. The number of carbonyl (C=O) groups excluding carboxylic acids is 3. The summed E-state index contributed by atoms with van der Waals surface area (Å²) in [6.07, 6.45) is -0.548. The van der Waals surface area contributed by atoms with Gasteiger partial charge in [-0.3, -0.25) is 19.8 Å². The lowest BCUT2D eigenvalue weighted by atomic mass is 10.1. The first-order valence-corrected chi connectivity index (χ1v) is 8.35. The Kier molecular flexibility index (Phi) is 6.64. The van der Waals surface area contributed by atoms with E-state index in [0.717, 1.165) is 0 Å². The third-order valence-electron chi connectivity index (χ3n) is 3.85. The van der Waals surface area contributed by atoms with Crippen molar-refractivity contribution in [3.63, 3.8) is 0 Å². The Morgan fingerprint density at radius 3 is 2.10 bits per heavy atom. The molecule has 0 saturated carbocycles. The average Bonchev–Trinajstić information content (AvgIpc) is 2.67. The lowest BCUT2D eigenvalue weighted by molar-refractivity contribution is -0.140. The second-order valence-corrected chi connectivity index (χ2v) is 6.06. The van der Waals surface area contributed by atoms with Crippen molar-refractivity contribution in [3.8, 4) is 0 Å². The highest BCUT2D eigenvalue weighted by Gasteiger charge is 2.23. The van der Waals surface area contributed by atoms with Crippen LogP contribution in [0.25, 0.3) is 0 Å². The molecule has 8 N–H and O–H groups in total. The smallest absolute Gasteiger partial charge is 0.326 e. The zero-order valence-electron chi connectivity index (χ0n) is 15.1. The van der Waals surface area contributed by atoms with Gasteiger partial charge in [-0.25, -0.2) is 4.79 Å². The third kappa shape index (κ3) is 5.89. The Morgan fingerprint density at radius 1 is 0.931 bits per heavy atom. The summed E-state index contributed by atoms with van der Waals surface area (Å²) < 4.78 is 0. The molecule has 10 nitrogen and oxygen atoms in total. The molecule has 29 heavy (non-hydrogen) atoms. The zero-order valence-corrected chi connectivity index (χ0v) is 15.1. The van der Waals surface area contributed by atoms with E-state index in [-0.39, 0.29) is 11.4 Å². The van der Waals surface area contributed by atoms with E-state index in [1.165, 1.54) is 42.5 Å². The number of nitrogen functional groups attached to an aromatic ring is 1. The number of benzene rings is 2. The summed E-state index contributed by atoms with van der Waals surface area (Å²) in [7, 11) is 0. The van der Waals surface area contributed by atoms with E-state index < -0.39 is 36.2 Å². The van der Waals surface area contributed by atoms with Crippen LogP contribution in [0.5, 0.6) is 0 Å². The summed E-state index contributed by atoms with van der Waals surface area (Å²) in [6.45, 7) is 0. The number of aliphatic carboxylic acids is 1. The Balaban J connectivity index is 2.10. The molecule has 0 heterocycles. The third-order valence-corrected chi connectivity index (χ3v) is 3.85. The van der Waals surface area contributed by atoms with Gasteiger partial charge < -0.3 is 27.2 Å². The molecule has 0 aromatic heterocycles. The molecule has 1 atom stereocenters. The maximum Gasteiger partial charge on any atom is 0.326 e. The summed E-state index contributed by atoms with van der Waals surface area (Å²) >= 11 is 0. The van der Waals surface area contributed by atoms with Crippen molar-refractivity contribution in [2.45, 2.75) is 12.5 Å². The van der Waals surface area contributed by atoms with E-state index in [4.69, 9.17) is 22.0 Å². The molecule has 10 heteroatoms. The molecule has 0 fully saturated rings. The number of hydrogen-bond donors (Lipinski definition) is 6. The van der Waals surface area contributed by atoms with E-state index in [0.29, 0.717) is 16.8 Å². The van der Waals surface area contributed by atoms with Gasteiger partial charge in [0.2, 0.25) is 5.91 Å². The van der Waals surface area contributed by atoms with Crippen LogP contribution < -0.4 is 22.1 Å². The predicted molar refractivity (Wildman–Crippen MR) is 105 cm³/mol. The highest BCUT2D eigenvalue weighted by molar-refractivity contribution is 6.06. The van der Waals surface area contributed by atoms with Crippen LogP contribution in [0.1, 0.15) is 32.7 Å². The maximum absolute atomic E-state index is 12.3. The van der Waals surface area contributed by atoms with Gasteiger partial charge >= 0.3 is 5.97 Å². The van der Waals surface area contributed by atoms with Gasteiger partial charge in [-0.05, 0) is 30.3 Å². The summed E-state index contributed by atoms with van der Waals surface area (Å²) in [5.41, 5.74) is 11.5. The van der Waals surface area contributed by atoms with Crippen LogP contribution >= 0.6 is 0 Å². The number of carbonyl (C=O) groups is 4. The lowest BCUT2D eigenvalue weighted by Gasteiger charge is -2.13. The van der Waals surface area contributed by atoms with Gasteiger partial charge in [-0.15, -0.1) is 0 Å². The van der Waals surface area contributed by atoms with Crippen molar-refractivity contribution >= 4 is 35.2 Å². The maximum atomic E-state index is 12.3. The molecule has 0 spiro atoms. The molecule has 0 aliphatic heterocycles. The Morgan fingerprint density at radius 2 is 1.55 bits per heavy atom. The number of amidine groups is 1. The van der Waals surface area contributed by atoms with E-state index >= 15 is 0 Å². The number of carboxylic acids is 1. The van der Waals surface area contributed by atoms with Crippen LogP contribution in [0, 0.1) is 5.41 Å². The van der Waals surface area contributed by atoms with Crippen molar-refractivity contribution < 1.29 is 24.3 Å². The minimum Gasteiger partial charge on any atom is -0.480 e. The van der Waals surface area contributed by atoms with Crippen molar-refractivity contribution in [1.82, 2.24) is 5.32 Å². The molecule has 0 saturated heterocycles. The molecule has 0 radical (unpaired) electrons. The second-order valence-electron chi connectivity index (χ2n) is 6.06. The molecule has 2 aromatic carbocycles. The first-order valence-electron chi connectivity index (χ1n) is 8.35. The van der Waals surface area contributed by atoms with Crippen LogP contribution in [-0.2, 0) is 9.59 Å². The van der Waals surface area contributed by atoms with Gasteiger partial charge in [-0.1, -0.05) is 18.2 Å². The van der Waals surface area contributed by atoms with Crippen molar-refractivity contribution in [3.05, 3.63) is 65.2 Å². The van der Waals surface area contributed by atoms with Gasteiger partial charge in [-0.2, -0.15) is 0 Å². The highest BCUT2D eigenvalue weighted by atomic mass is 16.4. The fourth-order valence-electron chi connectivity index (χ4n) is 2.39. The van der Waals surface area contributed by atoms with Crippen LogP contribution in [0.2, 0.25) is 0 Å². The van der Waals surface area contributed by atoms with Crippen molar-refractivity contribution in [1.29, 1.82) is 5.41 Å². The molecule has 0 unspecified atom stereocenters. The number of anilines is 1. The minimum absolute atomic E-state index is 0.0884. The van der Waals surface area contributed by atoms with E-state index in [2.05, 4.69) is 10.6 Å². The van der Waals surface area contributed by atoms with Gasteiger partial charge in [0, 0.05) is 22.4 Å². The minimum atomic E-state index is -1.46. The average molecular weight is 397 g/mol. The number of amides is 3. The summed E-state index contributed by atoms with van der Waals surface area (Å²) in [5, 5.41) is 21.2.